The number of carbonyl (C=O) groups is 2. The highest BCUT2D eigenvalue weighted by molar-refractivity contribution is 6.44. The highest BCUT2D eigenvalue weighted by Gasteiger charge is 2.25. The highest BCUT2D eigenvalue weighted by Crippen LogP contribution is 2.30. The van der Waals surface area contributed by atoms with E-state index in [4.69, 9.17) is 9.47 Å². The number of benzene rings is 2. The molecule has 0 spiro atoms. The van der Waals surface area contributed by atoms with Crippen molar-refractivity contribution >= 4 is 28.9 Å². The van der Waals surface area contributed by atoms with Gasteiger partial charge in [-0.2, -0.15) is 5.10 Å². The predicted octanol–water partition coefficient (Wildman–Crippen LogP) is 2.83. The van der Waals surface area contributed by atoms with Crippen molar-refractivity contribution < 1.29 is 19.1 Å². The Hall–Kier alpha value is -3.35. The Bertz CT molecular complexity index is 849. The van der Waals surface area contributed by atoms with Gasteiger partial charge in [0.1, 0.15) is 5.71 Å². The van der Waals surface area contributed by atoms with Crippen LogP contribution in [0.4, 0.5) is 11.4 Å². The fourth-order valence-electron chi connectivity index (χ4n) is 2.60. The highest BCUT2D eigenvalue weighted by atomic mass is 16.5. The van der Waals surface area contributed by atoms with Crippen LogP contribution in [-0.2, 0) is 9.59 Å². The number of hydrogen-bond acceptors (Lipinski definition) is 5. The maximum absolute atomic E-state index is 12.6. The zero-order chi connectivity index (χ0) is 18.5. The molecule has 0 saturated carbocycles. The van der Waals surface area contributed by atoms with Crippen LogP contribution < -0.4 is 19.8 Å². The Morgan fingerprint density at radius 3 is 2.46 bits per heavy atom. The summed E-state index contributed by atoms with van der Waals surface area (Å²) in [5.41, 5.74) is 1.48. The molecule has 2 aromatic rings. The fraction of sp³-hybridized carbons (Fsp3) is 0.211. The molecular formula is C19H19N3O4. The minimum Gasteiger partial charge on any atom is -0.493 e. The second-order valence-electron chi connectivity index (χ2n) is 5.61. The summed E-state index contributed by atoms with van der Waals surface area (Å²) >= 11 is 0. The number of rotatable bonds is 5. The number of nitrogens with zero attached hydrogens (tertiary/aromatic N) is 2. The van der Waals surface area contributed by atoms with Gasteiger partial charge in [0.25, 0.3) is 5.91 Å². The lowest BCUT2D eigenvalue weighted by atomic mass is 10.1. The molecule has 7 heteroatoms. The smallest absolute Gasteiger partial charge is 0.271 e. The van der Waals surface area contributed by atoms with Gasteiger partial charge in [0, 0.05) is 24.6 Å². The standard InChI is InChI=1S/C19H19N3O4/c1-25-16-10-8-13(12-17(16)26-2)20-19(24)15-9-11-18(23)22(21-15)14-6-4-3-5-7-14/h3-8,10,12H,9,11H2,1-2H3,(H,20,24). The largest absolute Gasteiger partial charge is 0.493 e. The van der Waals surface area contributed by atoms with E-state index in [1.54, 1.807) is 37.4 Å². The van der Waals surface area contributed by atoms with E-state index < -0.39 is 0 Å². The van der Waals surface area contributed by atoms with Crippen LogP contribution in [0.3, 0.4) is 0 Å². The molecule has 0 fully saturated rings. The summed E-state index contributed by atoms with van der Waals surface area (Å²) in [6.45, 7) is 0. The van der Waals surface area contributed by atoms with E-state index in [2.05, 4.69) is 10.4 Å². The molecule has 2 amide bonds. The summed E-state index contributed by atoms with van der Waals surface area (Å²) in [4.78, 5) is 24.7. The monoisotopic (exact) mass is 353 g/mol. The van der Waals surface area contributed by atoms with Gasteiger partial charge in [-0.05, 0) is 24.3 Å². The molecule has 0 atom stereocenters. The average molecular weight is 353 g/mol. The first kappa shape index (κ1) is 17.5. The summed E-state index contributed by atoms with van der Waals surface area (Å²) < 4.78 is 10.4. The summed E-state index contributed by atoms with van der Waals surface area (Å²) in [7, 11) is 3.07. The van der Waals surface area contributed by atoms with Crippen LogP contribution in [0.25, 0.3) is 0 Å². The second kappa shape index (κ2) is 7.69. The first-order valence-corrected chi connectivity index (χ1v) is 8.11. The van der Waals surface area contributed by atoms with Gasteiger partial charge in [-0.25, -0.2) is 5.01 Å². The van der Waals surface area contributed by atoms with E-state index in [-0.39, 0.29) is 18.2 Å². The van der Waals surface area contributed by atoms with Gasteiger partial charge >= 0.3 is 0 Å². The van der Waals surface area contributed by atoms with Gasteiger partial charge in [0.15, 0.2) is 11.5 Å². The summed E-state index contributed by atoms with van der Waals surface area (Å²) in [5.74, 6) is 0.586. The van der Waals surface area contributed by atoms with Gasteiger partial charge in [0.05, 0.1) is 19.9 Å². The zero-order valence-corrected chi connectivity index (χ0v) is 14.6. The normalized spacial score (nSPS) is 13.8. The molecule has 1 aliphatic rings. The maximum Gasteiger partial charge on any atom is 0.271 e. The number of anilines is 2. The number of methoxy groups -OCH3 is 2. The molecule has 0 aliphatic carbocycles. The van der Waals surface area contributed by atoms with Crippen molar-refractivity contribution in [2.45, 2.75) is 12.8 Å². The molecule has 0 saturated heterocycles. The van der Waals surface area contributed by atoms with Crippen LogP contribution in [0.2, 0.25) is 0 Å². The van der Waals surface area contributed by atoms with E-state index in [0.717, 1.165) is 0 Å². The third-order valence-corrected chi connectivity index (χ3v) is 3.94. The van der Waals surface area contributed by atoms with Crippen molar-refractivity contribution in [1.29, 1.82) is 0 Å². The Kier molecular flexibility index (Phi) is 5.17. The van der Waals surface area contributed by atoms with Crippen LogP contribution in [0.1, 0.15) is 12.8 Å². The summed E-state index contributed by atoms with van der Waals surface area (Å²) in [5, 5.41) is 8.29. The molecular weight excluding hydrogens is 334 g/mol. The van der Waals surface area contributed by atoms with E-state index in [1.165, 1.54) is 12.1 Å². The number of hydrogen-bond donors (Lipinski definition) is 1. The Morgan fingerprint density at radius 1 is 1.04 bits per heavy atom. The molecule has 26 heavy (non-hydrogen) atoms. The molecule has 0 radical (unpaired) electrons. The Morgan fingerprint density at radius 2 is 1.77 bits per heavy atom. The van der Waals surface area contributed by atoms with Crippen LogP contribution in [0.15, 0.2) is 53.6 Å². The third-order valence-electron chi connectivity index (χ3n) is 3.94. The van der Waals surface area contributed by atoms with Crippen molar-refractivity contribution in [3.63, 3.8) is 0 Å². The summed E-state index contributed by atoms with van der Waals surface area (Å²) in [6, 6.07) is 14.1. The number of para-hydroxylation sites is 1. The topological polar surface area (TPSA) is 80.2 Å². The minimum absolute atomic E-state index is 0.140. The van der Waals surface area contributed by atoms with Gasteiger partial charge < -0.3 is 14.8 Å². The van der Waals surface area contributed by atoms with Crippen molar-refractivity contribution in [3.05, 3.63) is 48.5 Å². The number of amides is 2. The molecule has 0 bridgehead atoms. The SMILES string of the molecule is COc1ccc(NC(=O)C2=NN(c3ccccc3)C(=O)CC2)cc1OC. The van der Waals surface area contributed by atoms with Gasteiger partial charge in [-0.15, -0.1) is 0 Å². The van der Waals surface area contributed by atoms with E-state index >= 15 is 0 Å². The molecule has 1 heterocycles. The zero-order valence-electron chi connectivity index (χ0n) is 14.6. The van der Waals surface area contributed by atoms with Crippen LogP contribution in [0, 0.1) is 0 Å². The number of ether oxygens (including phenoxy) is 2. The maximum atomic E-state index is 12.6. The molecule has 134 valence electrons. The number of hydrazone groups is 1. The first-order valence-electron chi connectivity index (χ1n) is 8.11. The van der Waals surface area contributed by atoms with E-state index in [9.17, 15) is 9.59 Å². The lowest BCUT2D eigenvalue weighted by molar-refractivity contribution is -0.118. The molecule has 3 rings (SSSR count). The third kappa shape index (κ3) is 3.66. The molecule has 2 aromatic carbocycles. The van der Waals surface area contributed by atoms with Crippen molar-refractivity contribution in [1.82, 2.24) is 0 Å². The molecule has 7 nitrogen and oxygen atoms in total. The van der Waals surface area contributed by atoms with Crippen LogP contribution in [0.5, 0.6) is 11.5 Å². The van der Waals surface area contributed by atoms with E-state index in [0.29, 0.717) is 35.0 Å². The van der Waals surface area contributed by atoms with Crippen molar-refractivity contribution in [2.24, 2.45) is 5.10 Å². The van der Waals surface area contributed by atoms with E-state index in [1.807, 2.05) is 18.2 Å². The summed E-state index contributed by atoms with van der Waals surface area (Å²) in [6.07, 6.45) is 0.522. The second-order valence-corrected chi connectivity index (χ2v) is 5.61. The van der Waals surface area contributed by atoms with Crippen molar-refractivity contribution in [3.8, 4) is 11.5 Å². The predicted molar refractivity (Wildman–Crippen MR) is 98.8 cm³/mol. The molecule has 1 aliphatic heterocycles. The molecule has 0 unspecified atom stereocenters. The average Bonchev–Trinajstić information content (AvgIpc) is 2.68. The minimum atomic E-state index is -0.356. The van der Waals surface area contributed by atoms with Crippen LogP contribution >= 0.6 is 0 Å². The molecule has 1 N–H and O–H groups in total. The van der Waals surface area contributed by atoms with Gasteiger partial charge in [-0.3, -0.25) is 9.59 Å². The fourth-order valence-corrected chi connectivity index (χ4v) is 2.60. The first-order chi connectivity index (χ1) is 12.6. The Labute approximate surface area is 151 Å². The lowest BCUT2D eigenvalue weighted by Gasteiger charge is -2.23. The molecule has 0 aromatic heterocycles. The quantitative estimate of drug-likeness (QED) is 0.896. The van der Waals surface area contributed by atoms with Crippen molar-refractivity contribution in [2.75, 3.05) is 24.5 Å². The number of nitrogens with one attached hydrogen (secondary N) is 1. The van der Waals surface area contributed by atoms with Crippen LogP contribution in [-0.4, -0.2) is 31.7 Å². The van der Waals surface area contributed by atoms with Gasteiger partial charge in [0.2, 0.25) is 5.91 Å². The van der Waals surface area contributed by atoms with Gasteiger partial charge in [-0.1, -0.05) is 18.2 Å². The Balaban J connectivity index is 1.80. The lowest BCUT2D eigenvalue weighted by Crippen LogP contribution is -2.36. The number of carbonyl (C=O) groups excluding carboxylic acids is 2.